The summed E-state index contributed by atoms with van der Waals surface area (Å²) in [5, 5.41) is 1.29. The average molecular weight is 484 g/mol. The lowest BCUT2D eigenvalue weighted by Gasteiger charge is -2.35. The van der Waals surface area contributed by atoms with Gasteiger partial charge in [0.05, 0.1) is 21.3 Å². The molecule has 1 aromatic carbocycles. The lowest BCUT2D eigenvalue weighted by molar-refractivity contribution is -0.138. The average Bonchev–Trinajstić information content (AvgIpc) is 2.64. The minimum atomic E-state index is -4.92. The Morgan fingerprint density at radius 2 is 1.62 bits per heavy atom. The molecule has 0 saturated heterocycles. The maximum absolute atomic E-state index is 13.5. The monoisotopic (exact) mass is 484 g/mol. The van der Waals surface area contributed by atoms with E-state index in [0.717, 1.165) is 6.20 Å². The molecule has 1 amide bonds. The van der Waals surface area contributed by atoms with Crippen molar-refractivity contribution in [2.24, 2.45) is 5.92 Å². The first-order chi connectivity index (χ1) is 14.7. The molecule has 5 nitrogen and oxygen atoms in total. The van der Waals surface area contributed by atoms with Crippen molar-refractivity contribution in [1.29, 1.82) is 0 Å². The molecule has 13 heteroatoms. The third kappa shape index (κ3) is 5.19. The molecule has 0 radical (unpaired) electrons. The predicted octanol–water partition coefficient (Wildman–Crippen LogP) is 4.24. The van der Waals surface area contributed by atoms with Crippen LogP contribution in [0.2, 0.25) is 0 Å². The van der Waals surface area contributed by atoms with Crippen LogP contribution in [0.1, 0.15) is 34.5 Å². The summed E-state index contributed by atoms with van der Waals surface area (Å²) in [7, 11) is -4.24. The van der Waals surface area contributed by atoms with Gasteiger partial charge < -0.3 is 5.32 Å². The number of rotatable bonds is 5. The van der Waals surface area contributed by atoms with Crippen LogP contribution in [0.5, 0.6) is 0 Å². The number of nitrogens with one attached hydrogen (secondary N) is 1. The number of sulfone groups is 1. The maximum Gasteiger partial charge on any atom is 0.416 e. The van der Waals surface area contributed by atoms with E-state index in [4.69, 9.17) is 0 Å². The van der Waals surface area contributed by atoms with Crippen LogP contribution in [0.3, 0.4) is 0 Å². The van der Waals surface area contributed by atoms with E-state index >= 15 is 0 Å². The largest absolute Gasteiger partial charge is 0.416 e. The zero-order valence-corrected chi connectivity index (χ0v) is 16.8. The van der Waals surface area contributed by atoms with Gasteiger partial charge in [-0.2, -0.15) is 26.3 Å². The number of hydrogen-bond acceptors (Lipinski definition) is 4. The summed E-state index contributed by atoms with van der Waals surface area (Å²) < 4.78 is 115. The number of halogens is 7. The summed E-state index contributed by atoms with van der Waals surface area (Å²) in [6, 6.07) is 2.35. The number of hydrogen-bond donors (Lipinski definition) is 1. The Labute approximate surface area is 177 Å². The number of pyridine rings is 1. The van der Waals surface area contributed by atoms with Gasteiger partial charge in [-0.05, 0) is 49.1 Å². The van der Waals surface area contributed by atoms with E-state index in [1.54, 1.807) is 0 Å². The molecule has 1 aliphatic rings. The molecule has 32 heavy (non-hydrogen) atoms. The smallest absolute Gasteiger partial charge is 0.350 e. The van der Waals surface area contributed by atoms with Gasteiger partial charge in [0, 0.05) is 12.7 Å². The molecule has 0 bridgehead atoms. The maximum atomic E-state index is 13.5. The van der Waals surface area contributed by atoms with E-state index in [1.165, 1.54) is 0 Å². The topological polar surface area (TPSA) is 76.1 Å². The van der Waals surface area contributed by atoms with Crippen LogP contribution in [0.4, 0.5) is 30.7 Å². The zero-order chi connectivity index (χ0) is 23.9. The highest BCUT2D eigenvalue weighted by Crippen LogP contribution is 2.38. The molecule has 1 N–H and O–H groups in total. The fourth-order valence-corrected chi connectivity index (χ4v) is 5.24. The molecule has 1 heterocycles. The molecule has 1 fully saturated rings. The molecule has 0 aliphatic heterocycles. The lowest BCUT2D eigenvalue weighted by atomic mass is 9.85. The van der Waals surface area contributed by atoms with Gasteiger partial charge in [0.15, 0.2) is 9.84 Å². The van der Waals surface area contributed by atoms with Crippen LogP contribution in [0.25, 0.3) is 0 Å². The molecule has 1 aliphatic carbocycles. The Balaban J connectivity index is 1.61. The van der Waals surface area contributed by atoms with Crippen molar-refractivity contribution in [2.45, 2.75) is 35.3 Å². The highest BCUT2D eigenvalue weighted by molar-refractivity contribution is 7.92. The quantitative estimate of drug-likeness (QED) is 0.645. The second-order valence-corrected chi connectivity index (χ2v) is 9.54. The van der Waals surface area contributed by atoms with Crippen LogP contribution in [0.15, 0.2) is 41.4 Å². The summed E-state index contributed by atoms with van der Waals surface area (Å²) in [5.74, 6) is -2.60. The molecule has 1 aromatic heterocycles. The molecule has 0 unspecified atom stereocenters. The van der Waals surface area contributed by atoms with E-state index in [-0.39, 0.29) is 31.4 Å². The van der Waals surface area contributed by atoms with Crippen LogP contribution >= 0.6 is 0 Å². The first-order valence-corrected chi connectivity index (χ1v) is 10.7. The number of benzene rings is 1. The van der Waals surface area contributed by atoms with Crippen LogP contribution in [0, 0.1) is 11.7 Å². The molecular formula is C19H15F7N2O3S. The minimum Gasteiger partial charge on any atom is -0.350 e. The minimum absolute atomic E-state index is 0.0174. The Bertz CT molecular complexity index is 1120. The Morgan fingerprint density at radius 1 is 1.00 bits per heavy atom. The van der Waals surface area contributed by atoms with E-state index in [2.05, 4.69) is 10.3 Å². The molecule has 0 spiro atoms. The van der Waals surface area contributed by atoms with Gasteiger partial charge in [-0.1, -0.05) is 0 Å². The van der Waals surface area contributed by atoms with Crippen LogP contribution in [-0.4, -0.2) is 31.1 Å². The number of carbonyl (C=O) groups excluding carboxylic acids is 1. The molecule has 1 saturated carbocycles. The number of amides is 1. The fraction of sp³-hybridized carbons (Fsp3) is 0.368. The summed E-state index contributed by atoms with van der Waals surface area (Å²) in [6.45, 7) is -0.0697. The number of carbonyl (C=O) groups is 1. The summed E-state index contributed by atoms with van der Waals surface area (Å²) in [5.41, 5.74) is -2.95. The van der Waals surface area contributed by atoms with Crippen molar-refractivity contribution in [3.8, 4) is 0 Å². The SMILES string of the molecule is O=C(NCC1CC(S(=O)(=O)c2cc(F)cc(C(F)(F)F)c2)C1)c1cc(C(F)(F)F)ccn1. The van der Waals surface area contributed by atoms with Gasteiger partial charge in [0.1, 0.15) is 11.5 Å². The first kappa shape index (κ1) is 24.0. The van der Waals surface area contributed by atoms with Gasteiger partial charge in [-0.25, -0.2) is 12.8 Å². The third-order valence-corrected chi connectivity index (χ3v) is 7.18. The van der Waals surface area contributed by atoms with Gasteiger partial charge in [-0.3, -0.25) is 9.78 Å². The number of nitrogens with zero attached hydrogens (tertiary/aromatic N) is 1. The fourth-order valence-electron chi connectivity index (χ4n) is 3.24. The van der Waals surface area contributed by atoms with Crippen molar-refractivity contribution < 1.29 is 43.9 Å². The van der Waals surface area contributed by atoms with Gasteiger partial charge in [-0.15, -0.1) is 0 Å². The van der Waals surface area contributed by atoms with Gasteiger partial charge in [0.25, 0.3) is 5.91 Å². The van der Waals surface area contributed by atoms with E-state index < -0.39 is 60.9 Å². The zero-order valence-electron chi connectivity index (χ0n) is 16.0. The Kier molecular flexibility index (Phi) is 6.24. The Morgan fingerprint density at radius 3 is 2.22 bits per heavy atom. The summed E-state index contributed by atoms with van der Waals surface area (Å²) >= 11 is 0. The summed E-state index contributed by atoms with van der Waals surface area (Å²) in [4.78, 5) is 14.8. The van der Waals surface area contributed by atoms with Crippen molar-refractivity contribution in [1.82, 2.24) is 10.3 Å². The van der Waals surface area contributed by atoms with Gasteiger partial charge >= 0.3 is 12.4 Å². The van der Waals surface area contributed by atoms with E-state index in [1.807, 2.05) is 0 Å². The highest BCUT2D eigenvalue weighted by atomic mass is 32.2. The second kappa shape index (κ2) is 8.34. The second-order valence-electron chi connectivity index (χ2n) is 7.32. The third-order valence-electron chi connectivity index (χ3n) is 5.03. The van der Waals surface area contributed by atoms with Crippen LogP contribution < -0.4 is 5.32 Å². The lowest BCUT2D eigenvalue weighted by Crippen LogP contribution is -2.42. The standard InChI is InChI=1S/C19H15F7N2O3S/c20-13-5-12(19(24,25)26)6-15(8-13)32(30,31)14-3-10(4-14)9-28-17(29)16-7-11(1-2-27-16)18(21,22)23/h1-2,5-8,10,14H,3-4,9H2,(H,28,29). The van der Waals surface area contributed by atoms with Crippen LogP contribution in [-0.2, 0) is 22.2 Å². The first-order valence-electron chi connectivity index (χ1n) is 9.11. The molecular weight excluding hydrogens is 469 g/mol. The number of alkyl halides is 6. The summed E-state index contributed by atoms with van der Waals surface area (Å²) in [6.07, 6.45) is -8.78. The van der Waals surface area contributed by atoms with Gasteiger partial charge in [0.2, 0.25) is 0 Å². The van der Waals surface area contributed by atoms with Crippen molar-refractivity contribution in [2.75, 3.05) is 6.54 Å². The Hall–Kier alpha value is -2.70. The van der Waals surface area contributed by atoms with Crippen molar-refractivity contribution in [3.05, 3.63) is 59.2 Å². The molecule has 2 aromatic rings. The van der Waals surface area contributed by atoms with Crippen molar-refractivity contribution >= 4 is 15.7 Å². The predicted molar refractivity (Wildman–Crippen MR) is 96.7 cm³/mol. The molecule has 174 valence electrons. The van der Waals surface area contributed by atoms with E-state index in [9.17, 15) is 43.9 Å². The van der Waals surface area contributed by atoms with Crippen molar-refractivity contribution in [3.63, 3.8) is 0 Å². The highest BCUT2D eigenvalue weighted by Gasteiger charge is 2.41. The van der Waals surface area contributed by atoms with E-state index in [0.29, 0.717) is 24.3 Å². The number of aromatic nitrogens is 1. The molecule has 0 atom stereocenters. The molecule has 3 rings (SSSR count). The normalized spacial score (nSPS) is 19.3.